The van der Waals surface area contributed by atoms with E-state index in [-0.39, 0.29) is 5.54 Å². The molecule has 0 saturated carbocycles. The van der Waals surface area contributed by atoms with E-state index >= 15 is 0 Å². The lowest BCUT2D eigenvalue weighted by molar-refractivity contribution is -0.173. The van der Waals surface area contributed by atoms with Gasteiger partial charge in [0, 0.05) is 44.4 Å². The van der Waals surface area contributed by atoms with Gasteiger partial charge in [-0.3, -0.25) is 4.90 Å². The van der Waals surface area contributed by atoms with Crippen LogP contribution in [0.3, 0.4) is 0 Å². The Labute approximate surface area is 197 Å². The molecule has 3 aliphatic rings. The highest BCUT2D eigenvalue weighted by Gasteiger charge is 2.42. The van der Waals surface area contributed by atoms with Crippen LogP contribution in [0.5, 0.6) is 17.2 Å². The molecule has 7 nitrogen and oxygen atoms in total. The number of rotatable bonds is 4. The minimum atomic E-state index is -2.14. The summed E-state index contributed by atoms with van der Waals surface area (Å²) >= 11 is 0. The third-order valence-electron chi connectivity index (χ3n) is 7.16. The summed E-state index contributed by atoms with van der Waals surface area (Å²) in [6, 6.07) is 13.5. The number of aliphatic hydroxyl groups is 1. The van der Waals surface area contributed by atoms with Crippen molar-refractivity contribution in [3.63, 3.8) is 0 Å². The SMILES string of the molecule is COc1ccc2c(c1)NC1(CCN(C(O)Cc3ccc4c(c3)OC(C)(F)O4)CC1)c1cccn1-2. The standard InChI is InChI=1S/C26H28FN3O4/c1-25(27)33-21-8-5-17(14-22(21)34-25)15-24(31)29-12-9-26(10-13-29)23-4-3-11-30(23)20-7-6-18(32-2)16-19(20)28-26/h3-8,11,14,16,24,28,31H,9-10,12-13,15H2,1-2H3. The number of likely N-dealkylation sites (tertiary alicyclic amines) is 1. The molecular formula is C26H28FN3O4. The van der Waals surface area contributed by atoms with E-state index < -0.39 is 12.3 Å². The number of halogens is 1. The van der Waals surface area contributed by atoms with Gasteiger partial charge in [-0.2, -0.15) is 4.39 Å². The fraction of sp³-hybridized carbons (Fsp3) is 0.385. The van der Waals surface area contributed by atoms with Crippen molar-refractivity contribution < 1.29 is 23.7 Å². The monoisotopic (exact) mass is 465 g/mol. The number of fused-ring (bicyclic) bond motifs is 5. The topological polar surface area (TPSA) is 68.1 Å². The lowest BCUT2D eigenvalue weighted by atomic mass is 9.82. The Morgan fingerprint density at radius 1 is 1.12 bits per heavy atom. The average Bonchev–Trinajstić information content (AvgIpc) is 3.43. The van der Waals surface area contributed by atoms with Crippen LogP contribution in [0.4, 0.5) is 10.1 Å². The summed E-state index contributed by atoms with van der Waals surface area (Å²) in [6.45, 7) is 2.72. The second-order valence-corrected chi connectivity index (χ2v) is 9.39. The van der Waals surface area contributed by atoms with Gasteiger partial charge in [0.25, 0.3) is 0 Å². The van der Waals surface area contributed by atoms with Crippen molar-refractivity contribution in [2.75, 3.05) is 25.5 Å². The van der Waals surface area contributed by atoms with E-state index in [0.717, 1.165) is 48.6 Å². The van der Waals surface area contributed by atoms with Crippen LogP contribution in [0.1, 0.15) is 31.0 Å². The van der Waals surface area contributed by atoms with Crippen molar-refractivity contribution in [1.82, 2.24) is 9.47 Å². The van der Waals surface area contributed by atoms with E-state index in [4.69, 9.17) is 14.2 Å². The molecule has 0 radical (unpaired) electrons. The number of nitrogens with zero attached hydrogens (tertiary/aromatic N) is 2. The molecule has 0 aliphatic carbocycles. The highest BCUT2D eigenvalue weighted by molar-refractivity contribution is 5.69. The lowest BCUT2D eigenvalue weighted by Crippen LogP contribution is -2.52. The van der Waals surface area contributed by atoms with Gasteiger partial charge in [-0.15, -0.1) is 0 Å². The first-order chi connectivity index (χ1) is 16.4. The molecule has 2 unspecified atom stereocenters. The zero-order valence-electron chi connectivity index (χ0n) is 19.3. The van der Waals surface area contributed by atoms with Crippen LogP contribution in [0.25, 0.3) is 5.69 Å². The number of alkyl halides is 1. The maximum atomic E-state index is 14.0. The number of benzene rings is 2. The Morgan fingerprint density at radius 3 is 2.71 bits per heavy atom. The first kappa shape index (κ1) is 21.3. The van der Waals surface area contributed by atoms with E-state index in [1.807, 2.05) is 18.2 Å². The summed E-state index contributed by atoms with van der Waals surface area (Å²) in [7, 11) is 1.68. The van der Waals surface area contributed by atoms with Crippen LogP contribution in [0.2, 0.25) is 0 Å². The third kappa shape index (κ3) is 3.49. The van der Waals surface area contributed by atoms with Crippen molar-refractivity contribution >= 4 is 5.69 Å². The molecule has 1 fully saturated rings. The van der Waals surface area contributed by atoms with Crippen LogP contribution >= 0.6 is 0 Å². The maximum absolute atomic E-state index is 14.0. The molecule has 2 atom stereocenters. The number of methoxy groups -OCH3 is 1. The van der Waals surface area contributed by atoms with Crippen molar-refractivity contribution in [3.8, 4) is 22.9 Å². The van der Waals surface area contributed by atoms with E-state index in [0.29, 0.717) is 17.9 Å². The quantitative estimate of drug-likeness (QED) is 0.603. The molecule has 1 saturated heterocycles. The Kier molecular flexibility index (Phi) is 4.79. The van der Waals surface area contributed by atoms with E-state index in [9.17, 15) is 9.50 Å². The van der Waals surface area contributed by atoms with Gasteiger partial charge in [-0.05, 0) is 54.8 Å². The Hall–Kier alpha value is -3.23. The highest BCUT2D eigenvalue weighted by atomic mass is 19.2. The molecule has 1 aromatic heterocycles. The average molecular weight is 466 g/mol. The molecule has 0 amide bonds. The van der Waals surface area contributed by atoms with Crippen molar-refractivity contribution in [2.45, 2.75) is 44.0 Å². The van der Waals surface area contributed by atoms with Gasteiger partial charge in [-0.1, -0.05) is 6.07 Å². The molecule has 2 N–H and O–H groups in total. The summed E-state index contributed by atoms with van der Waals surface area (Å²) in [5.41, 5.74) is 4.07. The van der Waals surface area contributed by atoms with Gasteiger partial charge < -0.3 is 29.2 Å². The third-order valence-corrected chi connectivity index (χ3v) is 7.16. The number of piperidine rings is 1. The van der Waals surface area contributed by atoms with Crippen LogP contribution in [-0.4, -0.2) is 47.0 Å². The van der Waals surface area contributed by atoms with Gasteiger partial charge >= 0.3 is 6.04 Å². The summed E-state index contributed by atoms with van der Waals surface area (Å²) < 4.78 is 32.0. The molecule has 8 heteroatoms. The molecular weight excluding hydrogens is 437 g/mol. The molecule has 178 valence electrons. The van der Waals surface area contributed by atoms with E-state index in [1.165, 1.54) is 12.6 Å². The maximum Gasteiger partial charge on any atom is 0.404 e. The van der Waals surface area contributed by atoms with Crippen LogP contribution in [0, 0.1) is 0 Å². The normalized spacial score (nSPS) is 23.2. The first-order valence-electron chi connectivity index (χ1n) is 11.6. The van der Waals surface area contributed by atoms with Crippen LogP contribution < -0.4 is 19.5 Å². The van der Waals surface area contributed by atoms with Gasteiger partial charge in [0.1, 0.15) is 12.0 Å². The Balaban J connectivity index is 1.17. The highest BCUT2D eigenvalue weighted by Crippen LogP contribution is 2.45. The zero-order chi connectivity index (χ0) is 23.5. The number of anilines is 1. The van der Waals surface area contributed by atoms with Gasteiger partial charge in [0.05, 0.1) is 24.0 Å². The lowest BCUT2D eigenvalue weighted by Gasteiger charge is -2.47. The molecule has 0 bridgehead atoms. The van der Waals surface area contributed by atoms with Crippen molar-refractivity contribution in [3.05, 3.63) is 66.0 Å². The summed E-state index contributed by atoms with van der Waals surface area (Å²) in [5.74, 6) is 1.57. The van der Waals surface area contributed by atoms with Crippen LogP contribution in [0.15, 0.2) is 54.7 Å². The van der Waals surface area contributed by atoms with Gasteiger partial charge in [-0.25, -0.2) is 0 Å². The second kappa shape index (κ2) is 7.65. The van der Waals surface area contributed by atoms with Crippen molar-refractivity contribution in [1.29, 1.82) is 0 Å². The second-order valence-electron chi connectivity index (χ2n) is 9.39. The number of aromatic nitrogens is 1. The van der Waals surface area contributed by atoms with E-state index in [2.05, 4.69) is 39.2 Å². The van der Waals surface area contributed by atoms with Gasteiger partial charge in [0.2, 0.25) is 0 Å². The number of hydrogen-bond acceptors (Lipinski definition) is 6. The predicted octanol–water partition coefficient (Wildman–Crippen LogP) is 4.18. The van der Waals surface area contributed by atoms with E-state index in [1.54, 1.807) is 19.2 Å². The molecule has 1 spiro atoms. The van der Waals surface area contributed by atoms with Crippen molar-refractivity contribution in [2.24, 2.45) is 0 Å². The minimum Gasteiger partial charge on any atom is -0.497 e. The summed E-state index contributed by atoms with van der Waals surface area (Å²) in [4.78, 5) is 2.10. The summed E-state index contributed by atoms with van der Waals surface area (Å²) in [5, 5.41) is 14.8. The Morgan fingerprint density at radius 2 is 1.91 bits per heavy atom. The van der Waals surface area contributed by atoms with Crippen LogP contribution in [-0.2, 0) is 12.0 Å². The number of aliphatic hydroxyl groups excluding tert-OH is 1. The largest absolute Gasteiger partial charge is 0.497 e. The molecule has 3 aliphatic heterocycles. The predicted molar refractivity (Wildman–Crippen MR) is 125 cm³/mol. The molecule has 6 rings (SSSR count). The number of nitrogens with one attached hydrogen (secondary N) is 1. The molecule has 4 heterocycles. The van der Waals surface area contributed by atoms with Gasteiger partial charge in [0.15, 0.2) is 11.5 Å². The molecule has 2 aromatic carbocycles. The fourth-order valence-electron chi connectivity index (χ4n) is 5.44. The number of hydrogen-bond donors (Lipinski definition) is 2. The molecule has 3 aromatic rings. The smallest absolute Gasteiger partial charge is 0.404 e. The summed E-state index contributed by atoms with van der Waals surface area (Å²) in [6.07, 6.45) is 3.60. The fourth-order valence-corrected chi connectivity index (χ4v) is 5.44. The zero-order valence-corrected chi connectivity index (χ0v) is 19.3. The minimum absolute atomic E-state index is 0.205. The number of ether oxygens (including phenoxy) is 3. The Bertz CT molecular complexity index is 1230. The molecule has 34 heavy (non-hydrogen) atoms. The first-order valence-corrected chi connectivity index (χ1v) is 11.6.